The fraction of sp³-hybridized carbons (Fsp3) is 0.462. The Bertz CT molecular complexity index is 386. The zero-order valence-corrected chi connectivity index (χ0v) is 10.4. The predicted octanol–water partition coefficient (Wildman–Crippen LogP) is 2.31. The third kappa shape index (κ3) is 2.75. The number of hydrogen-bond donors (Lipinski definition) is 1. The van der Waals surface area contributed by atoms with Gasteiger partial charge in [0.1, 0.15) is 0 Å². The second kappa shape index (κ2) is 5.01. The molecule has 2 N–H and O–H groups in total. The van der Waals surface area contributed by atoms with Crippen molar-refractivity contribution in [3.8, 4) is 0 Å². The molecule has 0 unspecified atom stereocenters. The lowest BCUT2D eigenvalue weighted by atomic mass is 10.1. The van der Waals surface area contributed by atoms with Crippen molar-refractivity contribution in [2.24, 2.45) is 5.92 Å². The Morgan fingerprint density at radius 1 is 1.44 bits per heavy atom. The number of carbonyl (C=O) groups excluding carboxylic acids is 1. The molecule has 0 spiro atoms. The number of carbonyl (C=O) groups is 1. The van der Waals surface area contributed by atoms with Crippen molar-refractivity contribution < 1.29 is 4.79 Å². The summed E-state index contributed by atoms with van der Waals surface area (Å²) in [7, 11) is 1.82. The van der Waals surface area contributed by atoms with Gasteiger partial charge in [-0.2, -0.15) is 0 Å². The minimum Gasteiger partial charge on any atom is -0.398 e. The first-order valence-corrected chi connectivity index (χ1v) is 5.54. The molecule has 0 atom stereocenters. The Kier molecular flexibility index (Phi) is 3.93. The lowest BCUT2D eigenvalue weighted by Gasteiger charge is -2.20. The van der Waals surface area contributed by atoms with Crippen molar-refractivity contribution in [3.63, 3.8) is 0 Å². The molecule has 0 aliphatic carbocycles. The zero-order valence-electron chi connectivity index (χ0n) is 10.4. The van der Waals surface area contributed by atoms with Crippen molar-refractivity contribution in [2.45, 2.75) is 20.8 Å². The van der Waals surface area contributed by atoms with E-state index in [1.54, 1.807) is 4.90 Å². The zero-order chi connectivity index (χ0) is 12.3. The van der Waals surface area contributed by atoms with Crippen LogP contribution in [0.25, 0.3) is 0 Å². The summed E-state index contributed by atoms with van der Waals surface area (Å²) in [4.78, 5) is 13.9. The lowest BCUT2D eigenvalue weighted by Crippen LogP contribution is -2.30. The third-order valence-corrected chi connectivity index (χ3v) is 2.59. The van der Waals surface area contributed by atoms with Crippen LogP contribution in [0.2, 0.25) is 0 Å². The van der Waals surface area contributed by atoms with Crippen LogP contribution in [0.4, 0.5) is 5.69 Å². The molecule has 0 aromatic heterocycles. The molecule has 0 heterocycles. The summed E-state index contributed by atoms with van der Waals surface area (Å²) in [6.45, 7) is 6.82. The average molecular weight is 220 g/mol. The SMILES string of the molecule is Cc1c(N)cccc1C(=O)N(C)CC(C)C. The van der Waals surface area contributed by atoms with E-state index in [0.717, 1.165) is 12.1 Å². The molecule has 0 aliphatic heterocycles. The van der Waals surface area contributed by atoms with E-state index in [4.69, 9.17) is 5.73 Å². The second-order valence-electron chi connectivity index (χ2n) is 4.60. The Balaban J connectivity index is 2.92. The molecule has 3 nitrogen and oxygen atoms in total. The highest BCUT2D eigenvalue weighted by Gasteiger charge is 2.15. The molecule has 0 saturated carbocycles. The number of nitrogens with two attached hydrogens (primary N) is 1. The summed E-state index contributed by atoms with van der Waals surface area (Å²) < 4.78 is 0. The Labute approximate surface area is 97.2 Å². The van der Waals surface area contributed by atoms with Gasteiger partial charge in [-0.3, -0.25) is 4.79 Å². The summed E-state index contributed by atoms with van der Waals surface area (Å²) in [5.41, 5.74) is 8.02. The van der Waals surface area contributed by atoms with Gasteiger partial charge in [-0.15, -0.1) is 0 Å². The topological polar surface area (TPSA) is 46.3 Å². The molecule has 0 fully saturated rings. The van der Waals surface area contributed by atoms with Crippen molar-refractivity contribution in [2.75, 3.05) is 19.3 Å². The van der Waals surface area contributed by atoms with Gasteiger partial charge in [0.15, 0.2) is 0 Å². The van der Waals surface area contributed by atoms with Crippen molar-refractivity contribution in [1.82, 2.24) is 4.90 Å². The van der Waals surface area contributed by atoms with E-state index in [-0.39, 0.29) is 5.91 Å². The van der Waals surface area contributed by atoms with E-state index in [1.165, 1.54) is 0 Å². The predicted molar refractivity (Wildman–Crippen MR) is 67.4 cm³/mol. The molecule has 1 amide bonds. The van der Waals surface area contributed by atoms with Crippen molar-refractivity contribution in [1.29, 1.82) is 0 Å². The quantitative estimate of drug-likeness (QED) is 0.794. The van der Waals surface area contributed by atoms with Crippen LogP contribution in [-0.2, 0) is 0 Å². The van der Waals surface area contributed by atoms with Gasteiger partial charge in [-0.1, -0.05) is 19.9 Å². The highest BCUT2D eigenvalue weighted by molar-refractivity contribution is 5.96. The van der Waals surface area contributed by atoms with Crippen LogP contribution in [0.3, 0.4) is 0 Å². The average Bonchev–Trinajstić information content (AvgIpc) is 2.20. The highest BCUT2D eigenvalue weighted by atomic mass is 16.2. The molecular formula is C13H20N2O. The standard InChI is InChI=1S/C13H20N2O/c1-9(2)8-15(4)13(16)11-6-5-7-12(14)10(11)3/h5-7,9H,8,14H2,1-4H3. The fourth-order valence-electron chi connectivity index (χ4n) is 1.72. The van der Waals surface area contributed by atoms with Gasteiger partial charge in [-0.25, -0.2) is 0 Å². The summed E-state index contributed by atoms with van der Waals surface area (Å²) in [5, 5.41) is 0. The van der Waals surface area contributed by atoms with E-state index in [9.17, 15) is 4.79 Å². The maximum atomic E-state index is 12.1. The third-order valence-electron chi connectivity index (χ3n) is 2.59. The van der Waals surface area contributed by atoms with Crippen LogP contribution in [0, 0.1) is 12.8 Å². The molecule has 16 heavy (non-hydrogen) atoms. The molecule has 3 heteroatoms. The van der Waals surface area contributed by atoms with E-state index in [0.29, 0.717) is 17.2 Å². The summed E-state index contributed by atoms with van der Waals surface area (Å²) >= 11 is 0. The van der Waals surface area contributed by atoms with E-state index in [2.05, 4.69) is 13.8 Å². The van der Waals surface area contributed by atoms with Gasteiger partial charge in [0, 0.05) is 24.8 Å². The van der Waals surface area contributed by atoms with Crippen LogP contribution < -0.4 is 5.73 Å². The van der Waals surface area contributed by atoms with E-state index < -0.39 is 0 Å². The molecule has 88 valence electrons. The van der Waals surface area contributed by atoms with Gasteiger partial charge < -0.3 is 10.6 Å². The molecule has 1 rings (SSSR count). The molecule has 0 saturated heterocycles. The first kappa shape index (κ1) is 12.6. The van der Waals surface area contributed by atoms with Gasteiger partial charge >= 0.3 is 0 Å². The summed E-state index contributed by atoms with van der Waals surface area (Å²) in [5.74, 6) is 0.508. The van der Waals surface area contributed by atoms with Crippen LogP contribution in [0.15, 0.2) is 18.2 Å². The smallest absolute Gasteiger partial charge is 0.253 e. The van der Waals surface area contributed by atoms with Crippen LogP contribution in [-0.4, -0.2) is 24.4 Å². The summed E-state index contributed by atoms with van der Waals surface area (Å²) in [6, 6.07) is 5.46. The molecular weight excluding hydrogens is 200 g/mol. The molecule has 1 aromatic carbocycles. The van der Waals surface area contributed by atoms with E-state index >= 15 is 0 Å². The fourth-order valence-corrected chi connectivity index (χ4v) is 1.72. The monoisotopic (exact) mass is 220 g/mol. The van der Waals surface area contributed by atoms with E-state index in [1.807, 2.05) is 32.2 Å². The number of nitrogen functional groups attached to an aromatic ring is 1. The minimum absolute atomic E-state index is 0.0403. The van der Waals surface area contributed by atoms with Crippen LogP contribution in [0.1, 0.15) is 29.8 Å². The molecule has 1 aromatic rings. The van der Waals surface area contributed by atoms with Gasteiger partial charge in [0.05, 0.1) is 0 Å². The summed E-state index contributed by atoms with van der Waals surface area (Å²) in [6.07, 6.45) is 0. The molecule has 0 bridgehead atoms. The van der Waals surface area contributed by atoms with Gasteiger partial charge in [-0.05, 0) is 30.5 Å². The maximum Gasteiger partial charge on any atom is 0.253 e. The largest absolute Gasteiger partial charge is 0.398 e. The highest BCUT2D eigenvalue weighted by Crippen LogP contribution is 2.17. The lowest BCUT2D eigenvalue weighted by molar-refractivity contribution is 0.0778. The second-order valence-corrected chi connectivity index (χ2v) is 4.60. The minimum atomic E-state index is 0.0403. The first-order valence-electron chi connectivity index (χ1n) is 5.54. The first-order chi connectivity index (χ1) is 7.43. The van der Waals surface area contributed by atoms with Crippen molar-refractivity contribution in [3.05, 3.63) is 29.3 Å². The van der Waals surface area contributed by atoms with Crippen LogP contribution >= 0.6 is 0 Å². The Hall–Kier alpha value is -1.51. The number of rotatable bonds is 3. The normalized spacial score (nSPS) is 10.6. The Morgan fingerprint density at radius 2 is 2.06 bits per heavy atom. The van der Waals surface area contributed by atoms with Crippen LogP contribution in [0.5, 0.6) is 0 Å². The number of benzene rings is 1. The molecule has 0 aliphatic rings. The number of nitrogens with zero attached hydrogens (tertiary/aromatic N) is 1. The van der Waals surface area contributed by atoms with Gasteiger partial charge in [0.25, 0.3) is 5.91 Å². The number of amides is 1. The molecule has 0 radical (unpaired) electrons. The maximum absolute atomic E-state index is 12.1. The van der Waals surface area contributed by atoms with Crippen molar-refractivity contribution >= 4 is 11.6 Å². The number of hydrogen-bond acceptors (Lipinski definition) is 2. The van der Waals surface area contributed by atoms with Gasteiger partial charge in [0.2, 0.25) is 0 Å². The Morgan fingerprint density at radius 3 is 2.62 bits per heavy atom. The number of anilines is 1.